The third-order valence-corrected chi connectivity index (χ3v) is 7.18. The van der Waals surface area contributed by atoms with Gasteiger partial charge >= 0.3 is 6.09 Å². The summed E-state index contributed by atoms with van der Waals surface area (Å²) >= 11 is 0. The van der Waals surface area contributed by atoms with Crippen molar-refractivity contribution in [2.75, 3.05) is 25.0 Å². The van der Waals surface area contributed by atoms with E-state index >= 15 is 0 Å². The molecule has 1 aromatic carbocycles. The number of furan rings is 1. The Morgan fingerprint density at radius 1 is 1.27 bits per heavy atom. The zero-order chi connectivity index (χ0) is 22.9. The van der Waals surface area contributed by atoms with Crippen LogP contribution >= 0.6 is 0 Å². The molecule has 4 atom stereocenters. The van der Waals surface area contributed by atoms with Crippen LogP contribution in [0, 0.1) is 5.92 Å². The first kappa shape index (κ1) is 21.8. The molecule has 7 heteroatoms. The average Bonchev–Trinajstić information content (AvgIpc) is 3.48. The van der Waals surface area contributed by atoms with Gasteiger partial charge in [-0.05, 0) is 67.1 Å². The molecule has 3 aromatic rings. The third-order valence-electron chi connectivity index (χ3n) is 7.18. The molecule has 2 bridgehead atoms. The van der Waals surface area contributed by atoms with Gasteiger partial charge in [-0.25, -0.2) is 4.79 Å². The van der Waals surface area contributed by atoms with Crippen LogP contribution in [0.3, 0.4) is 0 Å². The summed E-state index contributed by atoms with van der Waals surface area (Å²) in [6.07, 6.45) is 3.49. The molecule has 0 radical (unpaired) electrons. The molecule has 3 fully saturated rings. The smallest absolute Gasteiger partial charge is 0.411 e. The fourth-order valence-corrected chi connectivity index (χ4v) is 5.30. The molecule has 0 aliphatic carbocycles. The van der Waals surface area contributed by atoms with E-state index in [9.17, 15) is 4.79 Å². The second kappa shape index (κ2) is 9.06. The number of aromatic nitrogens is 2. The largest absolute Gasteiger partial charge is 0.463 e. The number of rotatable bonds is 6. The molecule has 1 N–H and O–H groups in total. The van der Waals surface area contributed by atoms with E-state index in [1.807, 2.05) is 48.1 Å². The number of hydrogen-bond acceptors (Lipinski definition) is 5. The van der Waals surface area contributed by atoms with Crippen molar-refractivity contribution in [2.45, 2.75) is 44.6 Å². The maximum Gasteiger partial charge on any atom is 0.411 e. The van der Waals surface area contributed by atoms with Crippen LogP contribution in [0.1, 0.15) is 49.8 Å². The van der Waals surface area contributed by atoms with Crippen LogP contribution in [0.25, 0.3) is 11.5 Å². The van der Waals surface area contributed by atoms with Gasteiger partial charge in [0.25, 0.3) is 0 Å². The highest BCUT2D eigenvalue weighted by Gasteiger charge is 2.42. The van der Waals surface area contributed by atoms with Crippen molar-refractivity contribution in [3.63, 3.8) is 0 Å². The van der Waals surface area contributed by atoms with Crippen molar-refractivity contribution in [3.05, 3.63) is 60.0 Å². The summed E-state index contributed by atoms with van der Waals surface area (Å²) in [5, 5.41) is 7.52. The lowest BCUT2D eigenvalue weighted by atomic mass is 9.74. The van der Waals surface area contributed by atoms with Crippen LogP contribution in [0.5, 0.6) is 0 Å². The van der Waals surface area contributed by atoms with Crippen molar-refractivity contribution >= 4 is 11.8 Å². The number of ether oxygens (including phenoxy) is 1. The number of carbonyl (C=O) groups excluding carboxylic acids is 1. The quantitative estimate of drug-likeness (QED) is 0.559. The van der Waals surface area contributed by atoms with Crippen LogP contribution < -0.4 is 5.32 Å². The van der Waals surface area contributed by atoms with Gasteiger partial charge in [0.15, 0.2) is 5.76 Å². The highest BCUT2D eigenvalue weighted by Crippen LogP contribution is 2.42. The summed E-state index contributed by atoms with van der Waals surface area (Å²) in [7, 11) is 2.01. The van der Waals surface area contributed by atoms with E-state index in [1.54, 1.807) is 6.26 Å². The molecule has 2 aromatic heterocycles. The Morgan fingerprint density at radius 2 is 2.09 bits per heavy atom. The van der Waals surface area contributed by atoms with E-state index in [1.165, 1.54) is 11.3 Å². The predicted molar refractivity (Wildman–Crippen MR) is 127 cm³/mol. The minimum absolute atomic E-state index is 0.270. The standard InChI is InChI=1S/C26H32N4O3/c1-17(2)18-6-8-20(9-7-18)27-26(31)33-16-21-13-19-10-11-30(21)15-22(19)24-14-23(28-29(24)3)25-5-4-12-32-25/h4-9,12,14,17,19,21-22H,10-11,13,15-16H2,1-3H3,(H,27,31)/t19-,21+,22-/m0/s1. The predicted octanol–water partition coefficient (Wildman–Crippen LogP) is 5.23. The van der Waals surface area contributed by atoms with Crippen molar-refractivity contribution in [3.8, 4) is 11.5 Å². The lowest BCUT2D eigenvalue weighted by Crippen LogP contribution is -2.54. The molecule has 33 heavy (non-hydrogen) atoms. The first-order chi connectivity index (χ1) is 16.0. The normalized spacial score (nSPS) is 24.2. The number of amides is 1. The van der Waals surface area contributed by atoms with Gasteiger partial charge in [-0.2, -0.15) is 5.10 Å². The molecule has 3 saturated heterocycles. The Bertz CT molecular complexity index is 1090. The van der Waals surface area contributed by atoms with Crippen LogP contribution in [-0.4, -0.2) is 46.5 Å². The highest BCUT2D eigenvalue weighted by atomic mass is 16.5. The number of anilines is 1. The van der Waals surface area contributed by atoms with Gasteiger partial charge in [0, 0.05) is 36.9 Å². The number of carbonyl (C=O) groups is 1. The molecule has 0 saturated carbocycles. The fraction of sp³-hybridized carbons (Fsp3) is 0.462. The van der Waals surface area contributed by atoms with Crippen molar-refractivity contribution in [1.82, 2.24) is 14.7 Å². The summed E-state index contributed by atoms with van der Waals surface area (Å²) < 4.78 is 13.1. The molecule has 3 aliphatic rings. The van der Waals surface area contributed by atoms with Crippen molar-refractivity contribution in [2.24, 2.45) is 13.0 Å². The average molecular weight is 449 g/mol. The summed E-state index contributed by atoms with van der Waals surface area (Å²) in [6, 6.07) is 14.2. The lowest BCUT2D eigenvalue weighted by molar-refractivity contribution is -0.00222. The summed E-state index contributed by atoms with van der Waals surface area (Å²) in [5.41, 5.74) is 4.14. The molecule has 3 aliphatic heterocycles. The van der Waals surface area contributed by atoms with Gasteiger partial charge in [0.1, 0.15) is 12.3 Å². The highest BCUT2D eigenvalue weighted by molar-refractivity contribution is 5.84. The van der Waals surface area contributed by atoms with Crippen LogP contribution in [0.4, 0.5) is 10.5 Å². The number of aryl methyl sites for hydroxylation is 1. The molecule has 174 valence electrons. The second-order valence-electron chi connectivity index (χ2n) is 9.60. The number of piperidine rings is 3. The van der Waals surface area contributed by atoms with Gasteiger partial charge in [-0.15, -0.1) is 0 Å². The summed E-state index contributed by atoms with van der Waals surface area (Å²) in [5.74, 6) is 2.27. The minimum Gasteiger partial charge on any atom is -0.463 e. The molecule has 0 spiro atoms. The molecule has 1 unspecified atom stereocenters. The molecule has 1 amide bonds. The summed E-state index contributed by atoms with van der Waals surface area (Å²) in [6.45, 7) is 6.74. The summed E-state index contributed by atoms with van der Waals surface area (Å²) in [4.78, 5) is 14.8. The van der Waals surface area contributed by atoms with Crippen molar-refractivity contribution < 1.29 is 13.9 Å². The topological polar surface area (TPSA) is 72.5 Å². The van der Waals surface area contributed by atoms with E-state index in [0.29, 0.717) is 24.4 Å². The van der Waals surface area contributed by atoms with Gasteiger partial charge in [0.05, 0.1) is 6.26 Å². The molecule has 7 nitrogen and oxygen atoms in total. The Hall–Kier alpha value is -3.06. The van der Waals surface area contributed by atoms with E-state index in [4.69, 9.17) is 9.15 Å². The van der Waals surface area contributed by atoms with Crippen molar-refractivity contribution in [1.29, 1.82) is 0 Å². The Balaban J connectivity index is 1.17. The second-order valence-corrected chi connectivity index (χ2v) is 9.60. The van der Waals surface area contributed by atoms with Crippen LogP contribution in [0.2, 0.25) is 0 Å². The molecular formula is C26H32N4O3. The molecular weight excluding hydrogens is 416 g/mol. The number of fused-ring (bicyclic) bond motifs is 3. The SMILES string of the molecule is CC(C)c1ccc(NC(=O)OC[C@H]2C[C@@H]3CCN2C[C@@H]3c2cc(-c3ccco3)nn2C)cc1. The van der Waals surface area contributed by atoms with Crippen LogP contribution in [0.15, 0.2) is 53.1 Å². The third kappa shape index (κ3) is 4.55. The Morgan fingerprint density at radius 3 is 2.76 bits per heavy atom. The Labute approximate surface area is 194 Å². The fourth-order valence-electron chi connectivity index (χ4n) is 5.30. The van der Waals surface area contributed by atoms with Gasteiger partial charge < -0.3 is 9.15 Å². The number of nitrogens with zero attached hydrogens (tertiary/aromatic N) is 3. The zero-order valence-corrected chi connectivity index (χ0v) is 19.5. The maximum atomic E-state index is 12.4. The first-order valence-corrected chi connectivity index (χ1v) is 11.8. The van der Waals surface area contributed by atoms with E-state index in [2.05, 4.69) is 35.2 Å². The first-order valence-electron chi connectivity index (χ1n) is 11.8. The molecule has 6 rings (SSSR count). The Kier molecular flexibility index (Phi) is 5.98. The van der Waals surface area contributed by atoms with E-state index in [-0.39, 0.29) is 12.1 Å². The maximum absolute atomic E-state index is 12.4. The number of hydrogen-bond donors (Lipinski definition) is 1. The lowest BCUT2D eigenvalue weighted by Gasteiger charge is -2.49. The van der Waals surface area contributed by atoms with E-state index < -0.39 is 0 Å². The van der Waals surface area contributed by atoms with Gasteiger partial charge in [-0.3, -0.25) is 14.9 Å². The zero-order valence-electron chi connectivity index (χ0n) is 19.5. The minimum atomic E-state index is -0.388. The number of benzene rings is 1. The van der Waals surface area contributed by atoms with Gasteiger partial charge in [-0.1, -0.05) is 26.0 Å². The monoisotopic (exact) mass is 448 g/mol. The number of nitrogens with one attached hydrogen (secondary N) is 1. The van der Waals surface area contributed by atoms with E-state index in [0.717, 1.165) is 43.1 Å². The molecule has 5 heterocycles. The van der Waals surface area contributed by atoms with Crippen LogP contribution in [-0.2, 0) is 11.8 Å². The van der Waals surface area contributed by atoms with Gasteiger partial charge in [0.2, 0.25) is 0 Å².